The molecule has 0 unspecified atom stereocenters. The second kappa shape index (κ2) is 13.7. The third-order valence-corrected chi connectivity index (χ3v) is 5.52. The average Bonchev–Trinajstić information content (AvgIpc) is 2.78. The number of carbonyl (C=O) groups is 2. The molecule has 7 nitrogen and oxygen atoms in total. The molecule has 1 aromatic rings. The maximum absolute atomic E-state index is 13.0. The molecule has 178 valence electrons. The fourth-order valence-corrected chi connectivity index (χ4v) is 3.64. The Hall–Kier alpha value is -2.64. The lowest BCUT2D eigenvalue weighted by atomic mass is 10.1. The van der Waals surface area contributed by atoms with E-state index in [2.05, 4.69) is 15.6 Å². The number of amides is 2. The van der Waals surface area contributed by atoms with Gasteiger partial charge in [0.1, 0.15) is 5.82 Å². The minimum Gasteiger partial charge on any atom is -0.356 e. The predicted octanol–water partition coefficient (Wildman–Crippen LogP) is 2.77. The third-order valence-electron chi connectivity index (χ3n) is 5.52. The minimum absolute atomic E-state index is 0.186. The zero-order chi connectivity index (χ0) is 23.3. The lowest BCUT2D eigenvalue weighted by molar-refractivity contribution is -0.140. The van der Waals surface area contributed by atoms with E-state index >= 15 is 0 Å². The number of unbranched alkanes of at least 4 members (excludes halogenated alkanes) is 2. The second-order valence-electron chi connectivity index (χ2n) is 8.65. The van der Waals surface area contributed by atoms with Crippen LogP contribution in [0.2, 0.25) is 0 Å². The molecular weight excluding hydrogens is 409 g/mol. The van der Waals surface area contributed by atoms with Crippen molar-refractivity contribution < 1.29 is 14.0 Å². The molecule has 2 amide bonds. The van der Waals surface area contributed by atoms with Gasteiger partial charge in [-0.25, -0.2) is 4.39 Å². The molecule has 32 heavy (non-hydrogen) atoms. The highest BCUT2D eigenvalue weighted by Gasteiger charge is 2.23. The summed E-state index contributed by atoms with van der Waals surface area (Å²) in [5.41, 5.74) is 0.984. The van der Waals surface area contributed by atoms with Crippen LogP contribution < -0.4 is 10.6 Å². The number of hydrogen-bond acceptors (Lipinski definition) is 3. The Balaban J connectivity index is 1.54. The summed E-state index contributed by atoms with van der Waals surface area (Å²) in [6.07, 6.45) is 3.89. The maximum Gasteiger partial charge on any atom is 0.222 e. The summed E-state index contributed by atoms with van der Waals surface area (Å²) < 4.78 is 13.0. The van der Waals surface area contributed by atoms with E-state index in [1.54, 1.807) is 19.2 Å². The number of hydrogen-bond donors (Lipinski definition) is 2. The zero-order valence-electron chi connectivity index (χ0n) is 19.7. The van der Waals surface area contributed by atoms with E-state index in [9.17, 15) is 14.0 Å². The van der Waals surface area contributed by atoms with Gasteiger partial charge in [-0.15, -0.1) is 0 Å². The van der Waals surface area contributed by atoms with Gasteiger partial charge in [0.15, 0.2) is 5.96 Å². The maximum atomic E-state index is 13.0. The SMILES string of the molecule is CN=C(NCCCCCC(=O)N1CCN(C(=O)CC(C)C)CC1)NCc1ccc(F)cc1. The highest BCUT2D eigenvalue weighted by atomic mass is 19.1. The Morgan fingerprint density at radius 3 is 2.19 bits per heavy atom. The lowest BCUT2D eigenvalue weighted by Gasteiger charge is -2.35. The van der Waals surface area contributed by atoms with Crippen molar-refractivity contribution in [1.29, 1.82) is 0 Å². The van der Waals surface area contributed by atoms with Crippen LogP contribution in [-0.2, 0) is 16.1 Å². The number of guanidine groups is 1. The Kier molecular flexibility index (Phi) is 11.0. The van der Waals surface area contributed by atoms with Crippen LogP contribution in [0.25, 0.3) is 0 Å². The number of piperazine rings is 1. The molecule has 0 spiro atoms. The number of aliphatic imine (C=N–C) groups is 1. The van der Waals surface area contributed by atoms with Crippen LogP contribution in [0.4, 0.5) is 4.39 Å². The topological polar surface area (TPSA) is 77.0 Å². The van der Waals surface area contributed by atoms with Crippen LogP contribution in [0.5, 0.6) is 0 Å². The number of nitrogens with one attached hydrogen (secondary N) is 2. The number of carbonyl (C=O) groups excluding carboxylic acids is 2. The van der Waals surface area contributed by atoms with Crippen LogP contribution in [0.3, 0.4) is 0 Å². The summed E-state index contributed by atoms with van der Waals surface area (Å²) in [4.78, 5) is 32.5. The van der Waals surface area contributed by atoms with Gasteiger partial charge < -0.3 is 20.4 Å². The minimum atomic E-state index is -0.242. The first-order valence-electron chi connectivity index (χ1n) is 11.6. The van der Waals surface area contributed by atoms with E-state index in [0.717, 1.165) is 31.4 Å². The molecule has 0 saturated carbocycles. The monoisotopic (exact) mass is 447 g/mol. The standard InChI is InChI=1S/C24H38FN5O2/c1-19(2)17-23(32)30-15-13-29(14-16-30)22(31)7-5-4-6-12-27-24(26-3)28-18-20-8-10-21(25)11-9-20/h8-11,19H,4-7,12-18H2,1-3H3,(H2,26,27,28). The summed E-state index contributed by atoms with van der Waals surface area (Å²) in [7, 11) is 1.72. The molecule has 0 radical (unpaired) electrons. The fraction of sp³-hybridized carbons (Fsp3) is 0.625. The molecule has 0 aliphatic carbocycles. The molecule has 1 fully saturated rings. The Bertz CT molecular complexity index is 743. The van der Waals surface area contributed by atoms with E-state index in [0.29, 0.717) is 57.4 Å². The van der Waals surface area contributed by atoms with E-state index in [1.807, 2.05) is 23.6 Å². The van der Waals surface area contributed by atoms with Crippen molar-refractivity contribution in [2.75, 3.05) is 39.8 Å². The Morgan fingerprint density at radius 2 is 1.59 bits per heavy atom. The van der Waals surface area contributed by atoms with Crippen molar-refractivity contribution in [3.8, 4) is 0 Å². The molecule has 8 heteroatoms. The van der Waals surface area contributed by atoms with Crippen molar-refractivity contribution in [2.45, 2.75) is 52.5 Å². The van der Waals surface area contributed by atoms with Crippen molar-refractivity contribution in [3.05, 3.63) is 35.6 Å². The first-order chi connectivity index (χ1) is 15.4. The van der Waals surface area contributed by atoms with Crippen LogP contribution in [-0.4, -0.2) is 67.3 Å². The molecule has 0 aromatic heterocycles. The van der Waals surface area contributed by atoms with E-state index in [4.69, 9.17) is 0 Å². The Morgan fingerprint density at radius 1 is 0.969 bits per heavy atom. The molecule has 1 aliphatic rings. The number of halogens is 1. The first kappa shape index (κ1) is 25.6. The summed E-state index contributed by atoms with van der Waals surface area (Å²) >= 11 is 0. The molecule has 1 aromatic carbocycles. The molecular formula is C24H38FN5O2. The number of benzene rings is 1. The van der Waals surface area contributed by atoms with E-state index in [-0.39, 0.29) is 17.6 Å². The normalized spacial score (nSPS) is 14.6. The molecule has 2 rings (SSSR count). The van der Waals surface area contributed by atoms with Gasteiger partial charge >= 0.3 is 0 Å². The first-order valence-corrected chi connectivity index (χ1v) is 11.6. The van der Waals surface area contributed by atoms with E-state index in [1.165, 1.54) is 12.1 Å². The van der Waals surface area contributed by atoms with Gasteiger partial charge in [-0.05, 0) is 36.5 Å². The Labute approximate surface area is 191 Å². The third kappa shape index (κ3) is 9.24. The molecule has 1 aliphatic heterocycles. The fourth-order valence-electron chi connectivity index (χ4n) is 3.64. The molecule has 1 heterocycles. The van der Waals surface area contributed by atoms with Gasteiger partial charge in [-0.2, -0.15) is 0 Å². The molecule has 2 N–H and O–H groups in total. The highest BCUT2D eigenvalue weighted by molar-refractivity contribution is 5.79. The number of rotatable bonds is 10. The second-order valence-corrected chi connectivity index (χ2v) is 8.65. The van der Waals surface area contributed by atoms with Gasteiger partial charge in [0, 0.05) is 59.2 Å². The van der Waals surface area contributed by atoms with Gasteiger partial charge in [0.2, 0.25) is 11.8 Å². The van der Waals surface area contributed by atoms with Gasteiger partial charge in [0.25, 0.3) is 0 Å². The van der Waals surface area contributed by atoms with Gasteiger partial charge in [0.05, 0.1) is 0 Å². The van der Waals surface area contributed by atoms with Crippen LogP contribution >= 0.6 is 0 Å². The average molecular weight is 448 g/mol. The molecule has 1 saturated heterocycles. The van der Waals surface area contributed by atoms with Gasteiger partial charge in [-0.1, -0.05) is 32.4 Å². The zero-order valence-corrected chi connectivity index (χ0v) is 19.7. The quantitative estimate of drug-likeness (QED) is 0.329. The van der Waals surface area contributed by atoms with Crippen LogP contribution in [0.1, 0.15) is 51.5 Å². The molecule has 0 atom stereocenters. The van der Waals surface area contributed by atoms with Crippen molar-refractivity contribution >= 4 is 17.8 Å². The van der Waals surface area contributed by atoms with Crippen LogP contribution in [0.15, 0.2) is 29.3 Å². The lowest BCUT2D eigenvalue weighted by Crippen LogP contribution is -2.50. The van der Waals surface area contributed by atoms with Crippen molar-refractivity contribution in [1.82, 2.24) is 20.4 Å². The summed E-state index contributed by atoms with van der Waals surface area (Å²) in [5, 5.41) is 6.47. The number of nitrogens with zero attached hydrogens (tertiary/aromatic N) is 3. The summed E-state index contributed by atoms with van der Waals surface area (Å²) in [6.45, 7) is 8.01. The van der Waals surface area contributed by atoms with Crippen molar-refractivity contribution in [2.24, 2.45) is 10.9 Å². The molecule has 0 bridgehead atoms. The van der Waals surface area contributed by atoms with Crippen LogP contribution in [0, 0.1) is 11.7 Å². The van der Waals surface area contributed by atoms with Crippen molar-refractivity contribution in [3.63, 3.8) is 0 Å². The summed E-state index contributed by atoms with van der Waals surface area (Å²) in [6, 6.07) is 6.38. The predicted molar refractivity (Wildman–Crippen MR) is 126 cm³/mol. The van der Waals surface area contributed by atoms with E-state index < -0.39 is 0 Å². The smallest absolute Gasteiger partial charge is 0.222 e. The highest BCUT2D eigenvalue weighted by Crippen LogP contribution is 2.10. The van der Waals surface area contributed by atoms with Gasteiger partial charge in [-0.3, -0.25) is 14.6 Å². The largest absolute Gasteiger partial charge is 0.356 e. The summed E-state index contributed by atoms with van der Waals surface area (Å²) in [5.74, 6) is 1.21.